The zero-order chi connectivity index (χ0) is 14.5. The molecule has 0 aromatic heterocycles. The number of hydrogen-bond acceptors (Lipinski definition) is 2. The molecule has 0 aliphatic carbocycles. The molecule has 3 nitrogen and oxygen atoms in total. The van der Waals surface area contributed by atoms with E-state index in [-0.39, 0.29) is 11.9 Å². The van der Waals surface area contributed by atoms with E-state index in [9.17, 15) is 4.79 Å². The maximum atomic E-state index is 12.6. The number of benzene rings is 1. The van der Waals surface area contributed by atoms with Crippen molar-refractivity contribution in [3.8, 4) is 0 Å². The Labute approximate surface area is 129 Å². The van der Waals surface area contributed by atoms with Crippen LogP contribution in [0.15, 0.2) is 28.7 Å². The Balaban J connectivity index is 1.98. The summed E-state index contributed by atoms with van der Waals surface area (Å²) in [5, 5.41) is 3.30. The van der Waals surface area contributed by atoms with Gasteiger partial charge in [0.05, 0.1) is 0 Å². The van der Waals surface area contributed by atoms with Crippen LogP contribution < -0.4 is 5.32 Å². The quantitative estimate of drug-likeness (QED) is 0.898. The highest BCUT2D eigenvalue weighted by Gasteiger charge is 2.28. The molecule has 4 heteroatoms. The Kier molecular flexibility index (Phi) is 5.46. The molecule has 1 aromatic rings. The lowest BCUT2D eigenvalue weighted by molar-refractivity contribution is -0.135. The Morgan fingerprint density at radius 2 is 2.10 bits per heavy atom. The fourth-order valence-electron chi connectivity index (χ4n) is 2.82. The monoisotopic (exact) mass is 338 g/mol. The van der Waals surface area contributed by atoms with E-state index in [4.69, 9.17) is 0 Å². The van der Waals surface area contributed by atoms with Gasteiger partial charge >= 0.3 is 0 Å². The van der Waals surface area contributed by atoms with Gasteiger partial charge in [0.25, 0.3) is 0 Å². The molecule has 1 saturated heterocycles. The van der Waals surface area contributed by atoms with Gasteiger partial charge in [0.15, 0.2) is 0 Å². The number of carbonyl (C=O) groups excluding carboxylic acids is 1. The molecule has 1 amide bonds. The summed E-state index contributed by atoms with van der Waals surface area (Å²) in [6.07, 6.45) is 4.58. The van der Waals surface area contributed by atoms with Crippen LogP contribution in [0.5, 0.6) is 0 Å². The van der Waals surface area contributed by atoms with Gasteiger partial charge < -0.3 is 10.2 Å². The maximum absolute atomic E-state index is 12.6. The summed E-state index contributed by atoms with van der Waals surface area (Å²) in [5.74, 6) is 0.222. The Morgan fingerprint density at radius 1 is 1.40 bits per heavy atom. The van der Waals surface area contributed by atoms with Crippen molar-refractivity contribution in [2.45, 2.75) is 51.6 Å². The Bertz CT molecular complexity index is 446. The summed E-state index contributed by atoms with van der Waals surface area (Å²) >= 11 is 3.42. The summed E-state index contributed by atoms with van der Waals surface area (Å²) in [6, 6.07) is 8.18. The van der Waals surface area contributed by atoms with Gasteiger partial charge in [-0.15, -0.1) is 0 Å². The molecule has 1 fully saturated rings. The lowest BCUT2D eigenvalue weighted by Crippen LogP contribution is -2.49. The highest BCUT2D eigenvalue weighted by Crippen LogP contribution is 2.21. The molecule has 2 unspecified atom stereocenters. The first-order valence-electron chi connectivity index (χ1n) is 7.44. The third-order valence-electron chi connectivity index (χ3n) is 3.98. The standard InChI is InChI=1S/C16H23BrN2O/c1-3-15-6-4-5-11-19(15)16(20)12(2)18-14-9-7-13(17)8-10-14/h7-10,12,15,18H,3-6,11H2,1-2H3. The highest BCUT2D eigenvalue weighted by atomic mass is 79.9. The topological polar surface area (TPSA) is 32.3 Å². The van der Waals surface area contributed by atoms with Crippen molar-refractivity contribution < 1.29 is 4.79 Å². The van der Waals surface area contributed by atoms with Crippen molar-refractivity contribution in [2.75, 3.05) is 11.9 Å². The summed E-state index contributed by atoms with van der Waals surface area (Å²) in [4.78, 5) is 14.7. The van der Waals surface area contributed by atoms with Crippen LogP contribution >= 0.6 is 15.9 Å². The molecule has 1 heterocycles. The van der Waals surface area contributed by atoms with Crippen LogP contribution in [0.3, 0.4) is 0 Å². The maximum Gasteiger partial charge on any atom is 0.245 e. The molecule has 1 N–H and O–H groups in total. The van der Waals surface area contributed by atoms with Gasteiger partial charge in [0.2, 0.25) is 5.91 Å². The van der Waals surface area contributed by atoms with Crippen LogP contribution in [-0.2, 0) is 4.79 Å². The molecule has 1 aromatic carbocycles. The number of anilines is 1. The molecular formula is C16H23BrN2O. The molecule has 0 radical (unpaired) electrons. The molecule has 1 aliphatic heterocycles. The van der Waals surface area contributed by atoms with Gasteiger partial charge in [-0.2, -0.15) is 0 Å². The molecule has 20 heavy (non-hydrogen) atoms. The van der Waals surface area contributed by atoms with Crippen LogP contribution in [0.2, 0.25) is 0 Å². The molecular weight excluding hydrogens is 316 g/mol. The predicted octanol–water partition coefficient (Wildman–Crippen LogP) is 4.04. The van der Waals surface area contributed by atoms with Gasteiger partial charge in [0.1, 0.15) is 6.04 Å². The number of rotatable bonds is 4. The molecule has 2 atom stereocenters. The normalized spacial score (nSPS) is 20.6. The zero-order valence-corrected chi connectivity index (χ0v) is 13.8. The molecule has 0 spiro atoms. The molecule has 110 valence electrons. The van der Waals surface area contributed by atoms with Crippen molar-refractivity contribution in [1.82, 2.24) is 4.90 Å². The minimum Gasteiger partial charge on any atom is -0.374 e. The van der Waals surface area contributed by atoms with E-state index >= 15 is 0 Å². The third-order valence-corrected chi connectivity index (χ3v) is 4.51. The number of halogens is 1. The largest absolute Gasteiger partial charge is 0.374 e. The van der Waals surface area contributed by atoms with E-state index in [1.54, 1.807) is 0 Å². The second-order valence-corrected chi connectivity index (χ2v) is 6.38. The fraction of sp³-hybridized carbons (Fsp3) is 0.562. The van der Waals surface area contributed by atoms with Crippen molar-refractivity contribution in [3.63, 3.8) is 0 Å². The average Bonchev–Trinajstić information content (AvgIpc) is 2.48. The summed E-state index contributed by atoms with van der Waals surface area (Å²) in [5.41, 5.74) is 0.985. The lowest BCUT2D eigenvalue weighted by Gasteiger charge is -2.37. The minimum atomic E-state index is -0.177. The fourth-order valence-corrected chi connectivity index (χ4v) is 3.09. The van der Waals surface area contributed by atoms with Crippen molar-refractivity contribution in [1.29, 1.82) is 0 Å². The number of amides is 1. The smallest absolute Gasteiger partial charge is 0.245 e. The zero-order valence-electron chi connectivity index (χ0n) is 12.2. The number of likely N-dealkylation sites (tertiary alicyclic amines) is 1. The summed E-state index contributed by atoms with van der Waals surface area (Å²) in [7, 11) is 0. The lowest BCUT2D eigenvalue weighted by atomic mass is 9.99. The van der Waals surface area contributed by atoms with Crippen molar-refractivity contribution in [3.05, 3.63) is 28.7 Å². The van der Waals surface area contributed by atoms with Crippen LogP contribution in [0.1, 0.15) is 39.5 Å². The number of piperidine rings is 1. The average molecular weight is 339 g/mol. The molecule has 0 saturated carbocycles. The van der Waals surface area contributed by atoms with E-state index in [0.717, 1.165) is 36.0 Å². The van der Waals surface area contributed by atoms with Crippen molar-refractivity contribution in [2.24, 2.45) is 0 Å². The summed E-state index contributed by atoms with van der Waals surface area (Å²) in [6.45, 7) is 5.03. The van der Waals surface area contributed by atoms with Gasteiger partial charge in [-0.25, -0.2) is 0 Å². The molecule has 2 rings (SSSR count). The molecule has 0 bridgehead atoms. The first-order valence-corrected chi connectivity index (χ1v) is 8.23. The number of carbonyl (C=O) groups is 1. The van der Waals surface area contributed by atoms with E-state index < -0.39 is 0 Å². The SMILES string of the molecule is CCC1CCCCN1C(=O)C(C)Nc1ccc(Br)cc1. The first kappa shape index (κ1) is 15.4. The first-order chi connectivity index (χ1) is 9.61. The Hall–Kier alpha value is -1.03. The summed E-state index contributed by atoms with van der Waals surface area (Å²) < 4.78 is 1.05. The van der Waals surface area contributed by atoms with Crippen LogP contribution in [0, 0.1) is 0 Å². The van der Waals surface area contributed by atoms with Crippen LogP contribution in [-0.4, -0.2) is 29.4 Å². The van der Waals surface area contributed by atoms with E-state index in [1.807, 2.05) is 31.2 Å². The van der Waals surface area contributed by atoms with Gasteiger partial charge in [0, 0.05) is 22.7 Å². The minimum absolute atomic E-state index is 0.177. The van der Waals surface area contributed by atoms with Crippen LogP contribution in [0.25, 0.3) is 0 Å². The second kappa shape index (κ2) is 7.11. The number of nitrogens with one attached hydrogen (secondary N) is 1. The predicted molar refractivity (Wildman–Crippen MR) is 86.9 cm³/mol. The van der Waals surface area contributed by atoms with Crippen LogP contribution in [0.4, 0.5) is 5.69 Å². The second-order valence-electron chi connectivity index (χ2n) is 5.46. The number of hydrogen-bond donors (Lipinski definition) is 1. The van der Waals surface area contributed by atoms with Crippen molar-refractivity contribution >= 4 is 27.5 Å². The Morgan fingerprint density at radius 3 is 2.75 bits per heavy atom. The van der Waals surface area contributed by atoms with Gasteiger partial charge in [-0.05, 0) is 56.9 Å². The number of nitrogens with zero attached hydrogens (tertiary/aromatic N) is 1. The third kappa shape index (κ3) is 3.75. The highest BCUT2D eigenvalue weighted by molar-refractivity contribution is 9.10. The van der Waals surface area contributed by atoms with E-state index in [0.29, 0.717) is 6.04 Å². The van der Waals surface area contributed by atoms with E-state index in [1.165, 1.54) is 6.42 Å². The van der Waals surface area contributed by atoms with Gasteiger partial charge in [-0.3, -0.25) is 4.79 Å². The van der Waals surface area contributed by atoms with Gasteiger partial charge in [-0.1, -0.05) is 22.9 Å². The van der Waals surface area contributed by atoms with E-state index in [2.05, 4.69) is 33.1 Å². The molecule has 1 aliphatic rings.